The number of anilines is 2. The number of carboxylic acids is 1. The van der Waals surface area contributed by atoms with Crippen molar-refractivity contribution in [3.05, 3.63) is 41.2 Å². The van der Waals surface area contributed by atoms with Crippen LogP contribution < -0.4 is 5.32 Å². The minimum Gasteiger partial charge on any atom is -0.476 e. The number of nitrogens with one attached hydrogen (secondary N) is 1. The van der Waals surface area contributed by atoms with E-state index in [0.29, 0.717) is 10.7 Å². The van der Waals surface area contributed by atoms with Crippen LogP contribution in [0.25, 0.3) is 0 Å². The number of aromatic carboxylic acids is 1. The van der Waals surface area contributed by atoms with Gasteiger partial charge in [-0.25, -0.2) is 4.79 Å². The van der Waals surface area contributed by atoms with E-state index in [4.69, 9.17) is 16.7 Å². The molecule has 0 bridgehead atoms. The predicted octanol–water partition coefficient (Wildman–Crippen LogP) is 2.52. The van der Waals surface area contributed by atoms with Crippen LogP contribution in [0.2, 0.25) is 5.02 Å². The standard InChI is InChI=1S/C11H10ClN3O2/c1-15-10(11(16)17)9(6-13-15)14-8-4-2-7(12)3-5-8/h2-6,14H,1H3,(H,16,17). The van der Waals surface area contributed by atoms with Crippen LogP contribution in [-0.4, -0.2) is 20.9 Å². The highest BCUT2D eigenvalue weighted by molar-refractivity contribution is 6.30. The van der Waals surface area contributed by atoms with Gasteiger partial charge in [0.1, 0.15) is 0 Å². The lowest BCUT2D eigenvalue weighted by Crippen LogP contribution is -2.07. The molecule has 0 unspecified atom stereocenters. The van der Waals surface area contributed by atoms with Gasteiger partial charge in [0.05, 0.1) is 11.9 Å². The number of nitrogens with zero attached hydrogens (tertiary/aromatic N) is 2. The smallest absolute Gasteiger partial charge is 0.356 e. The first-order valence-electron chi connectivity index (χ1n) is 4.86. The molecule has 1 aromatic heterocycles. The van der Waals surface area contributed by atoms with Crippen LogP contribution in [0.3, 0.4) is 0 Å². The third-order valence-corrected chi connectivity index (χ3v) is 2.52. The lowest BCUT2D eigenvalue weighted by Gasteiger charge is -2.05. The van der Waals surface area contributed by atoms with Crippen molar-refractivity contribution in [1.29, 1.82) is 0 Å². The quantitative estimate of drug-likeness (QED) is 0.880. The van der Waals surface area contributed by atoms with Crippen molar-refractivity contribution < 1.29 is 9.90 Å². The third-order valence-electron chi connectivity index (χ3n) is 2.26. The molecule has 0 spiro atoms. The van der Waals surface area contributed by atoms with Gasteiger partial charge in [-0.3, -0.25) is 4.68 Å². The van der Waals surface area contributed by atoms with Gasteiger partial charge < -0.3 is 10.4 Å². The lowest BCUT2D eigenvalue weighted by molar-refractivity contribution is 0.0686. The van der Waals surface area contributed by atoms with Gasteiger partial charge in [0, 0.05) is 17.8 Å². The Hall–Kier alpha value is -2.01. The van der Waals surface area contributed by atoms with Gasteiger partial charge in [-0.15, -0.1) is 0 Å². The van der Waals surface area contributed by atoms with Crippen LogP contribution in [0.4, 0.5) is 11.4 Å². The maximum atomic E-state index is 11.0. The van der Waals surface area contributed by atoms with Gasteiger partial charge in [-0.05, 0) is 24.3 Å². The van der Waals surface area contributed by atoms with E-state index in [9.17, 15) is 4.79 Å². The van der Waals surface area contributed by atoms with Gasteiger partial charge in [0.15, 0.2) is 5.69 Å². The van der Waals surface area contributed by atoms with Crippen LogP contribution >= 0.6 is 11.6 Å². The summed E-state index contributed by atoms with van der Waals surface area (Å²) in [5.41, 5.74) is 1.31. The number of aromatic nitrogens is 2. The summed E-state index contributed by atoms with van der Waals surface area (Å²) >= 11 is 5.76. The average molecular weight is 252 g/mol. The van der Waals surface area contributed by atoms with Crippen molar-refractivity contribution in [2.45, 2.75) is 0 Å². The molecule has 0 radical (unpaired) electrons. The molecule has 2 aromatic rings. The van der Waals surface area contributed by atoms with Gasteiger partial charge in [0.25, 0.3) is 0 Å². The fourth-order valence-electron chi connectivity index (χ4n) is 1.47. The highest BCUT2D eigenvalue weighted by Gasteiger charge is 2.15. The van der Waals surface area contributed by atoms with E-state index in [-0.39, 0.29) is 5.69 Å². The lowest BCUT2D eigenvalue weighted by atomic mass is 10.3. The number of halogens is 1. The second-order valence-corrected chi connectivity index (χ2v) is 3.90. The first kappa shape index (κ1) is 11.5. The highest BCUT2D eigenvalue weighted by atomic mass is 35.5. The number of aryl methyl sites for hydroxylation is 1. The average Bonchev–Trinajstić information content (AvgIpc) is 2.63. The molecule has 0 aliphatic rings. The number of benzene rings is 1. The Kier molecular flexibility index (Phi) is 3.01. The molecule has 0 amide bonds. The SMILES string of the molecule is Cn1ncc(Nc2ccc(Cl)cc2)c1C(=O)O. The van der Waals surface area contributed by atoms with E-state index in [1.54, 1.807) is 31.3 Å². The number of hydrogen-bond acceptors (Lipinski definition) is 3. The second-order valence-electron chi connectivity index (χ2n) is 3.47. The zero-order chi connectivity index (χ0) is 12.4. The van der Waals surface area contributed by atoms with Crippen molar-refractivity contribution >= 4 is 28.9 Å². The number of hydrogen-bond donors (Lipinski definition) is 2. The van der Waals surface area contributed by atoms with Crippen molar-refractivity contribution in [2.24, 2.45) is 7.05 Å². The Morgan fingerprint density at radius 2 is 2.06 bits per heavy atom. The molecule has 1 heterocycles. The van der Waals surface area contributed by atoms with Gasteiger partial charge in [-0.1, -0.05) is 11.6 Å². The van der Waals surface area contributed by atoms with Gasteiger partial charge >= 0.3 is 5.97 Å². The summed E-state index contributed by atoms with van der Waals surface area (Å²) in [6, 6.07) is 6.98. The predicted molar refractivity (Wildman–Crippen MR) is 64.9 cm³/mol. The molecule has 0 saturated carbocycles. The van der Waals surface area contributed by atoms with Crippen molar-refractivity contribution in [1.82, 2.24) is 9.78 Å². The first-order valence-corrected chi connectivity index (χ1v) is 5.23. The zero-order valence-electron chi connectivity index (χ0n) is 9.01. The molecule has 0 aliphatic heterocycles. The summed E-state index contributed by atoms with van der Waals surface area (Å²) in [4.78, 5) is 11.0. The monoisotopic (exact) mass is 251 g/mol. The molecule has 6 heteroatoms. The summed E-state index contributed by atoms with van der Waals surface area (Å²) in [7, 11) is 1.58. The van der Waals surface area contributed by atoms with E-state index in [2.05, 4.69) is 10.4 Å². The maximum Gasteiger partial charge on any atom is 0.356 e. The van der Waals surface area contributed by atoms with Crippen LogP contribution in [0.5, 0.6) is 0 Å². The molecule has 0 saturated heterocycles. The fraction of sp³-hybridized carbons (Fsp3) is 0.0909. The summed E-state index contributed by atoms with van der Waals surface area (Å²) in [6.45, 7) is 0. The zero-order valence-corrected chi connectivity index (χ0v) is 9.77. The molecule has 2 N–H and O–H groups in total. The Balaban J connectivity index is 2.30. The fourth-order valence-corrected chi connectivity index (χ4v) is 1.60. The molecular formula is C11H10ClN3O2. The number of carbonyl (C=O) groups is 1. The van der Waals surface area contributed by atoms with Gasteiger partial charge in [0.2, 0.25) is 0 Å². The number of rotatable bonds is 3. The third kappa shape index (κ3) is 2.39. The van der Waals surface area contributed by atoms with Crippen LogP contribution in [0.15, 0.2) is 30.5 Å². The second kappa shape index (κ2) is 4.47. The molecular weight excluding hydrogens is 242 g/mol. The van der Waals surface area contributed by atoms with Crippen LogP contribution in [0, 0.1) is 0 Å². The van der Waals surface area contributed by atoms with Crippen molar-refractivity contribution in [3.8, 4) is 0 Å². The van der Waals surface area contributed by atoms with E-state index in [1.807, 2.05) is 0 Å². The molecule has 0 aliphatic carbocycles. The molecule has 5 nitrogen and oxygen atoms in total. The Morgan fingerprint density at radius 1 is 1.41 bits per heavy atom. The van der Waals surface area contributed by atoms with E-state index in [0.717, 1.165) is 5.69 Å². The molecule has 17 heavy (non-hydrogen) atoms. The van der Waals surface area contributed by atoms with E-state index < -0.39 is 5.97 Å². The summed E-state index contributed by atoms with van der Waals surface area (Å²) in [5.74, 6) is -1.03. The molecule has 0 atom stereocenters. The normalized spacial score (nSPS) is 10.2. The summed E-state index contributed by atoms with van der Waals surface area (Å²) < 4.78 is 1.31. The Bertz CT molecular complexity index is 548. The minimum absolute atomic E-state index is 0.111. The summed E-state index contributed by atoms with van der Waals surface area (Å²) in [6.07, 6.45) is 1.47. The highest BCUT2D eigenvalue weighted by Crippen LogP contribution is 2.21. The summed E-state index contributed by atoms with van der Waals surface area (Å²) in [5, 5.41) is 16.5. The minimum atomic E-state index is -1.03. The van der Waals surface area contributed by atoms with Crippen LogP contribution in [-0.2, 0) is 7.05 Å². The molecule has 1 aromatic carbocycles. The van der Waals surface area contributed by atoms with Crippen molar-refractivity contribution in [2.75, 3.05) is 5.32 Å². The van der Waals surface area contributed by atoms with E-state index >= 15 is 0 Å². The molecule has 88 valence electrons. The maximum absolute atomic E-state index is 11.0. The van der Waals surface area contributed by atoms with Gasteiger partial charge in [-0.2, -0.15) is 5.10 Å². The largest absolute Gasteiger partial charge is 0.476 e. The molecule has 0 fully saturated rings. The van der Waals surface area contributed by atoms with Crippen LogP contribution in [0.1, 0.15) is 10.5 Å². The number of carboxylic acid groups (broad SMARTS) is 1. The van der Waals surface area contributed by atoms with Crippen molar-refractivity contribution in [3.63, 3.8) is 0 Å². The first-order chi connectivity index (χ1) is 8.08. The Labute approximate surface area is 103 Å². The Morgan fingerprint density at radius 3 is 2.65 bits per heavy atom. The van der Waals surface area contributed by atoms with E-state index in [1.165, 1.54) is 10.9 Å². The topological polar surface area (TPSA) is 67.2 Å². The molecule has 2 rings (SSSR count).